The number of thioether (sulfide) groups is 2. The van der Waals surface area contributed by atoms with Gasteiger partial charge in [0.05, 0.1) is 11.1 Å². The zero-order chi connectivity index (χ0) is 13.1. The smallest absolute Gasteiger partial charge is 0.0561 e. The van der Waals surface area contributed by atoms with Gasteiger partial charge in [0.2, 0.25) is 0 Å². The molecule has 0 aliphatic carbocycles. The summed E-state index contributed by atoms with van der Waals surface area (Å²) in [6, 6.07) is 2.41. The summed E-state index contributed by atoms with van der Waals surface area (Å²) in [4.78, 5) is 1.30. The highest BCUT2D eigenvalue weighted by Gasteiger charge is 2.33. The van der Waals surface area contributed by atoms with Gasteiger partial charge < -0.3 is 5.32 Å². The Morgan fingerprint density at radius 1 is 1.44 bits per heavy atom. The average molecular weight is 322 g/mol. The predicted octanol–water partition coefficient (Wildman–Crippen LogP) is 4.68. The van der Waals surface area contributed by atoms with Crippen LogP contribution >= 0.6 is 46.5 Å². The van der Waals surface area contributed by atoms with Crippen molar-refractivity contribution in [1.82, 2.24) is 5.32 Å². The Balaban J connectivity index is 2.13. The van der Waals surface area contributed by atoms with Crippen molar-refractivity contribution < 1.29 is 0 Å². The summed E-state index contributed by atoms with van der Waals surface area (Å²) >= 11 is 12.3. The molecule has 4 atom stereocenters. The SMILES string of the molecule is CCNC(c1sccc1Cl)C1CSC(C)C(C)S1. The van der Waals surface area contributed by atoms with Crippen LogP contribution in [0.1, 0.15) is 31.7 Å². The summed E-state index contributed by atoms with van der Waals surface area (Å²) in [5, 5.41) is 8.73. The van der Waals surface area contributed by atoms with Crippen molar-refractivity contribution in [3.8, 4) is 0 Å². The minimum atomic E-state index is 0.398. The first kappa shape index (κ1) is 15.0. The number of thiophene rings is 1. The molecule has 1 nitrogen and oxygen atoms in total. The fourth-order valence-corrected chi connectivity index (χ4v) is 6.62. The molecule has 5 heteroatoms. The lowest BCUT2D eigenvalue weighted by molar-refractivity contribution is 0.556. The summed E-state index contributed by atoms with van der Waals surface area (Å²) in [6.45, 7) is 7.83. The zero-order valence-electron chi connectivity index (χ0n) is 11.0. The molecule has 4 unspecified atom stereocenters. The van der Waals surface area contributed by atoms with Gasteiger partial charge in [-0.1, -0.05) is 32.4 Å². The molecular formula is C13H20ClNS3. The second-order valence-electron chi connectivity index (χ2n) is 4.59. The summed E-state index contributed by atoms with van der Waals surface area (Å²) in [5.41, 5.74) is 0. The van der Waals surface area contributed by atoms with Crippen molar-refractivity contribution in [3.05, 3.63) is 21.3 Å². The lowest BCUT2D eigenvalue weighted by atomic mass is 10.2. The van der Waals surface area contributed by atoms with E-state index in [0.717, 1.165) is 16.8 Å². The number of nitrogens with one attached hydrogen (secondary N) is 1. The molecule has 1 aromatic rings. The lowest BCUT2D eigenvalue weighted by Crippen LogP contribution is -2.36. The van der Waals surface area contributed by atoms with E-state index in [-0.39, 0.29) is 0 Å². The lowest BCUT2D eigenvalue weighted by Gasteiger charge is -2.36. The van der Waals surface area contributed by atoms with Gasteiger partial charge in [0.1, 0.15) is 0 Å². The van der Waals surface area contributed by atoms with Crippen LogP contribution in [0.4, 0.5) is 0 Å². The average Bonchev–Trinajstić information content (AvgIpc) is 2.76. The van der Waals surface area contributed by atoms with Gasteiger partial charge in [-0.05, 0) is 18.0 Å². The maximum atomic E-state index is 6.31. The molecule has 1 fully saturated rings. The molecule has 2 heterocycles. The van der Waals surface area contributed by atoms with Crippen molar-refractivity contribution in [1.29, 1.82) is 0 Å². The second kappa shape index (κ2) is 6.89. The minimum Gasteiger partial charge on any atom is -0.309 e. The van der Waals surface area contributed by atoms with E-state index >= 15 is 0 Å². The Hall–Kier alpha value is 0.650. The fraction of sp³-hybridized carbons (Fsp3) is 0.692. The van der Waals surface area contributed by atoms with Crippen LogP contribution < -0.4 is 5.32 Å². The van der Waals surface area contributed by atoms with Crippen LogP contribution in [0, 0.1) is 0 Å². The third-order valence-corrected chi connectivity index (χ3v) is 8.23. The van der Waals surface area contributed by atoms with Crippen molar-refractivity contribution >= 4 is 46.5 Å². The quantitative estimate of drug-likeness (QED) is 0.865. The van der Waals surface area contributed by atoms with Crippen LogP contribution in [-0.2, 0) is 0 Å². The van der Waals surface area contributed by atoms with Gasteiger partial charge in [-0.3, -0.25) is 0 Å². The Morgan fingerprint density at radius 3 is 2.78 bits per heavy atom. The van der Waals surface area contributed by atoms with Gasteiger partial charge in [-0.25, -0.2) is 0 Å². The highest BCUT2D eigenvalue weighted by atomic mass is 35.5. The summed E-state index contributed by atoms with van der Waals surface area (Å²) < 4.78 is 0. The van der Waals surface area contributed by atoms with Crippen molar-refractivity contribution in [2.45, 2.75) is 42.6 Å². The molecular weight excluding hydrogens is 302 g/mol. The van der Waals surface area contributed by atoms with Gasteiger partial charge in [-0.15, -0.1) is 11.3 Å². The maximum absolute atomic E-state index is 6.31. The molecule has 1 aliphatic heterocycles. The molecule has 102 valence electrons. The van der Waals surface area contributed by atoms with Crippen LogP contribution in [0.15, 0.2) is 11.4 Å². The first-order valence-electron chi connectivity index (χ1n) is 6.36. The summed E-state index contributed by atoms with van der Waals surface area (Å²) in [5.74, 6) is 1.21. The molecule has 1 aromatic heterocycles. The van der Waals surface area contributed by atoms with Crippen LogP contribution in [-0.4, -0.2) is 28.0 Å². The molecule has 0 bridgehead atoms. The molecule has 0 spiro atoms. The van der Waals surface area contributed by atoms with Crippen molar-refractivity contribution in [2.75, 3.05) is 12.3 Å². The van der Waals surface area contributed by atoms with Gasteiger partial charge in [-0.2, -0.15) is 23.5 Å². The van der Waals surface area contributed by atoms with Crippen LogP contribution in [0.3, 0.4) is 0 Å². The molecule has 18 heavy (non-hydrogen) atoms. The molecule has 2 rings (SSSR count). The molecule has 0 aromatic carbocycles. The predicted molar refractivity (Wildman–Crippen MR) is 88.5 cm³/mol. The Bertz CT molecular complexity index is 382. The third kappa shape index (κ3) is 3.40. The molecule has 1 N–H and O–H groups in total. The van der Waals surface area contributed by atoms with Crippen molar-refractivity contribution in [3.63, 3.8) is 0 Å². The number of hydrogen-bond acceptors (Lipinski definition) is 4. The highest BCUT2D eigenvalue weighted by molar-refractivity contribution is 8.07. The normalized spacial score (nSPS) is 30.3. The first-order chi connectivity index (χ1) is 8.63. The standard InChI is InChI=1S/C13H20ClNS3/c1-4-15-12(13-10(14)5-6-16-13)11-7-17-8(2)9(3)18-11/h5-6,8-9,11-12,15H,4,7H2,1-3H3. The van der Waals surface area contributed by atoms with Crippen molar-refractivity contribution in [2.24, 2.45) is 0 Å². The van der Waals surface area contributed by atoms with Gasteiger partial charge in [0.25, 0.3) is 0 Å². The zero-order valence-corrected chi connectivity index (χ0v) is 14.2. The van der Waals surface area contributed by atoms with Crippen LogP contribution in [0.2, 0.25) is 5.02 Å². The van der Waals surface area contributed by atoms with E-state index in [1.165, 1.54) is 10.6 Å². The first-order valence-corrected chi connectivity index (χ1v) is 9.61. The molecule has 0 amide bonds. The molecule has 0 saturated carbocycles. The molecule has 0 radical (unpaired) electrons. The Kier molecular flexibility index (Phi) is 5.76. The van der Waals surface area contributed by atoms with Gasteiger partial charge >= 0.3 is 0 Å². The van der Waals surface area contributed by atoms with Crippen LogP contribution in [0.5, 0.6) is 0 Å². The van der Waals surface area contributed by atoms with E-state index in [1.807, 2.05) is 6.07 Å². The topological polar surface area (TPSA) is 12.0 Å². The van der Waals surface area contributed by atoms with Gasteiger partial charge in [0, 0.05) is 26.4 Å². The second-order valence-corrected chi connectivity index (χ2v) is 8.97. The van der Waals surface area contributed by atoms with Gasteiger partial charge in [0.15, 0.2) is 0 Å². The van der Waals surface area contributed by atoms with E-state index in [2.05, 4.69) is 55.0 Å². The number of hydrogen-bond donors (Lipinski definition) is 1. The molecule has 1 saturated heterocycles. The highest BCUT2D eigenvalue weighted by Crippen LogP contribution is 2.43. The largest absolute Gasteiger partial charge is 0.309 e. The number of rotatable bonds is 4. The van der Waals surface area contributed by atoms with Crippen LogP contribution in [0.25, 0.3) is 0 Å². The Labute approximate surface area is 127 Å². The monoisotopic (exact) mass is 321 g/mol. The number of halogens is 1. The van der Waals surface area contributed by atoms with E-state index in [9.17, 15) is 0 Å². The van der Waals surface area contributed by atoms with E-state index in [0.29, 0.717) is 16.5 Å². The summed E-state index contributed by atoms with van der Waals surface area (Å²) in [7, 11) is 0. The maximum Gasteiger partial charge on any atom is 0.0561 e. The fourth-order valence-electron chi connectivity index (χ4n) is 2.12. The van der Waals surface area contributed by atoms with E-state index < -0.39 is 0 Å². The van der Waals surface area contributed by atoms with E-state index in [4.69, 9.17) is 11.6 Å². The minimum absolute atomic E-state index is 0.398. The molecule has 1 aliphatic rings. The Morgan fingerprint density at radius 2 is 2.22 bits per heavy atom. The summed E-state index contributed by atoms with van der Waals surface area (Å²) in [6.07, 6.45) is 0. The van der Waals surface area contributed by atoms with E-state index in [1.54, 1.807) is 11.3 Å². The third-order valence-electron chi connectivity index (χ3n) is 3.30.